The molecular formula is C12H26O2. The van der Waals surface area contributed by atoms with Crippen LogP contribution in [0.2, 0.25) is 0 Å². The van der Waals surface area contributed by atoms with E-state index >= 15 is 0 Å². The highest BCUT2D eigenvalue weighted by atomic mass is 16.3. The third kappa shape index (κ3) is 22.6. The molecular weight excluding hydrogens is 176 g/mol. The summed E-state index contributed by atoms with van der Waals surface area (Å²) in [6, 6.07) is 0. The van der Waals surface area contributed by atoms with Crippen molar-refractivity contribution in [2.45, 2.75) is 59.0 Å². The maximum Gasteiger partial charge on any atom is 0.0692 e. The molecule has 0 aliphatic carbocycles. The van der Waals surface area contributed by atoms with Crippen molar-refractivity contribution < 1.29 is 10.2 Å². The summed E-state index contributed by atoms with van der Waals surface area (Å²) in [5.41, 5.74) is 0. The van der Waals surface area contributed by atoms with Crippen LogP contribution in [0, 0.1) is 0 Å². The molecule has 86 valence electrons. The van der Waals surface area contributed by atoms with E-state index in [2.05, 4.69) is 6.92 Å². The van der Waals surface area contributed by atoms with Crippen LogP contribution >= 0.6 is 0 Å². The maximum atomic E-state index is 8.47. The van der Waals surface area contributed by atoms with Crippen LogP contribution in [0.4, 0.5) is 0 Å². The Hall–Kier alpha value is -0.340. The number of unbranched alkanes of at least 4 members (excludes halogenated alkanes) is 4. The Morgan fingerprint density at radius 2 is 1.71 bits per heavy atom. The first-order valence-corrected chi connectivity index (χ1v) is 5.60. The SMILES string of the molecule is C/C=C/C(C)O.CCCCCCCO. The zero-order valence-corrected chi connectivity index (χ0v) is 9.87. The van der Waals surface area contributed by atoms with E-state index in [1.807, 2.05) is 13.0 Å². The van der Waals surface area contributed by atoms with Crippen LogP contribution in [0.25, 0.3) is 0 Å². The van der Waals surface area contributed by atoms with Gasteiger partial charge >= 0.3 is 0 Å². The van der Waals surface area contributed by atoms with Gasteiger partial charge in [-0.3, -0.25) is 0 Å². The van der Waals surface area contributed by atoms with E-state index in [0.717, 1.165) is 6.42 Å². The van der Waals surface area contributed by atoms with Gasteiger partial charge in [0.1, 0.15) is 0 Å². The molecule has 0 aliphatic heterocycles. The smallest absolute Gasteiger partial charge is 0.0692 e. The third-order valence-electron chi connectivity index (χ3n) is 1.73. The summed E-state index contributed by atoms with van der Waals surface area (Å²) in [4.78, 5) is 0. The Morgan fingerprint density at radius 1 is 1.14 bits per heavy atom. The fourth-order valence-electron chi connectivity index (χ4n) is 0.994. The molecule has 0 spiro atoms. The molecule has 0 aliphatic rings. The van der Waals surface area contributed by atoms with E-state index in [9.17, 15) is 0 Å². The number of hydrogen-bond donors (Lipinski definition) is 2. The summed E-state index contributed by atoms with van der Waals surface area (Å²) < 4.78 is 0. The second-order valence-electron chi connectivity index (χ2n) is 3.40. The average Bonchev–Trinajstić information content (AvgIpc) is 2.13. The molecule has 0 heterocycles. The van der Waals surface area contributed by atoms with E-state index in [4.69, 9.17) is 10.2 Å². The fourth-order valence-corrected chi connectivity index (χ4v) is 0.994. The molecule has 0 aromatic rings. The van der Waals surface area contributed by atoms with Crippen molar-refractivity contribution in [3.8, 4) is 0 Å². The first kappa shape index (κ1) is 16.1. The number of aliphatic hydroxyl groups excluding tert-OH is 2. The van der Waals surface area contributed by atoms with Crippen LogP contribution in [0.5, 0.6) is 0 Å². The predicted molar refractivity (Wildman–Crippen MR) is 62.3 cm³/mol. The molecule has 0 saturated heterocycles. The topological polar surface area (TPSA) is 40.5 Å². The van der Waals surface area contributed by atoms with Crippen molar-refractivity contribution in [1.82, 2.24) is 0 Å². The Morgan fingerprint density at radius 3 is 2.00 bits per heavy atom. The van der Waals surface area contributed by atoms with Gasteiger partial charge in [-0.15, -0.1) is 0 Å². The Kier molecular flexibility index (Phi) is 17.4. The molecule has 0 aromatic carbocycles. The van der Waals surface area contributed by atoms with Gasteiger partial charge in [-0.1, -0.05) is 44.8 Å². The molecule has 1 unspecified atom stereocenters. The maximum absolute atomic E-state index is 8.47. The predicted octanol–water partition coefficient (Wildman–Crippen LogP) is 2.89. The van der Waals surface area contributed by atoms with Crippen molar-refractivity contribution >= 4 is 0 Å². The molecule has 2 heteroatoms. The molecule has 0 rings (SSSR count). The molecule has 2 N–H and O–H groups in total. The van der Waals surface area contributed by atoms with Crippen LogP contribution in [-0.2, 0) is 0 Å². The molecule has 1 atom stereocenters. The molecule has 0 fully saturated rings. The molecule has 2 nitrogen and oxygen atoms in total. The minimum Gasteiger partial charge on any atom is -0.396 e. The zero-order valence-electron chi connectivity index (χ0n) is 9.87. The number of aliphatic hydroxyl groups is 2. The number of rotatable bonds is 6. The van der Waals surface area contributed by atoms with Crippen molar-refractivity contribution in [1.29, 1.82) is 0 Å². The van der Waals surface area contributed by atoms with Gasteiger partial charge in [0.25, 0.3) is 0 Å². The first-order chi connectivity index (χ1) is 6.68. The Labute approximate surface area is 88.7 Å². The highest BCUT2D eigenvalue weighted by Gasteiger charge is 1.84. The van der Waals surface area contributed by atoms with Gasteiger partial charge < -0.3 is 10.2 Å². The summed E-state index contributed by atoms with van der Waals surface area (Å²) in [5, 5.41) is 16.8. The van der Waals surface area contributed by atoms with Crippen molar-refractivity contribution in [2.24, 2.45) is 0 Å². The van der Waals surface area contributed by atoms with E-state index < -0.39 is 0 Å². The minimum absolute atomic E-state index is 0.282. The van der Waals surface area contributed by atoms with Gasteiger partial charge in [0, 0.05) is 6.61 Å². The van der Waals surface area contributed by atoms with E-state index in [1.54, 1.807) is 13.0 Å². The van der Waals surface area contributed by atoms with Gasteiger partial charge in [0.05, 0.1) is 6.10 Å². The van der Waals surface area contributed by atoms with Crippen LogP contribution in [0.15, 0.2) is 12.2 Å². The number of allylic oxidation sites excluding steroid dienone is 1. The molecule has 0 aromatic heterocycles. The zero-order chi connectivity index (χ0) is 11.2. The molecule has 0 radical (unpaired) electrons. The van der Waals surface area contributed by atoms with Crippen molar-refractivity contribution in [3.05, 3.63) is 12.2 Å². The summed E-state index contributed by atoms with van der Waals surface area (Å²) in [6.45, 7) is 6.16. The van der Waals surface area contributed by atoms with Crippen LogP contribution in [0.3, 0.4) is 0 Å². The van der Waals surface area contributed by atoms with Gasteiger partial charge in [0.2, 0.25) is 0 Å². The monoisotopic (exact) mass is 202 g/mol. The van der Waals surface area contributed by atoms with Crippen molar-refractivity contribution in [2.75, 3.05) is 6.61 Å². The lowest BCUT2D eigenvalue weighted by molar-refractivity contribution is 0.244. The second-order valence-corrected chi connectivity index (χ2v) is 3.40. The molecule has 0 amide bonds. The van der Waals surface area contributed by atoms with Crippen molar-refractivity contribution in [3.63, 3.8) is 0 Å². The molecule has 14 heavy (non-hydrogen) atoms. The molecule has 0 saturated carbocycles. The summed E-state index contributed by atoms with van der Waals surface area (Å²) in [7, 11) is 0. The van der Waals surface area contributed by atoms with Crippen LogP contribution < -0.4 is 0 Å². The number of hydrogen-bond acceptors (Lipinski definition) is 2. The van der Waals surface area contributed by atoms with Gasteiger partial charge in [-0.25, -0.2) is 0 Å². The minimum atomic E-state index is -0.282. The first-order valence-electron chi connectivity index (χ1n) is 5.60. The van der Waals surface area contributed by atoms with Crippen LogP contribution in [0.1, 0.15) is 52.9 Å². The third-order valence-corrected chi connectivity index (χ3v) is 1.73. The largest absolute Gasteiger partial charge is 0.396 e. The lowest BCUT2D eigenvalue weighted by atomic mass is 10.2. The summed E-state index contributed by atoms with van der Waals surface area (Å²) in [5.74, 6) is 0. The highest BCUT2D eigenvalue weighted by molar-refractivity contribution is 4.81. The van der Waals surface area contributed by atoms with E-state index in [1.165, 1.54) is 25.7 Å². The Bertz CT molecular complexity index is 103. The van der Waals surface area contributed by atoms with E-state index in [0.29, 0.717) is 6.61 Å². The van der Waals surface area contributed by atoms with Gasteiger partial charge in [-0.2, -0.15) is 0 Å². The van der Waals surface area contributed by atoms with Gasteiger partial charge in [-0.05, 0) is 20.3 Å². The average molecular weight is 202 g/mol. The van der Waals surface area contributed by atoms with E-state index in [-0.39, 0.29) is 6.10 Å². The lowest BCUT2D eigenvalue weighted by Gasteiger charge is -1.93. The summed E-state index contributed by atoms with van der Waals surface area (Å²) in [6.07, 6.45) is 9.34. The normalized spacial score (nSPS) is 12.4. The quantitative estimate of drug-likeness (QED) is 0.513. The second kappa shape index (κ2) is 15.1. The Balaban J connectivity index is 0. The standard InChI is InChI=1S/C7H16O.C5H10O/c1-2-3-4-5-6-7-8;1-3-4-5(2)6/h8H,2-7H2,1H3;3-6H,1-2H3/b;4-3+. The summed E-state index contributed by atoms with van der Waals surface area (Å²) >= 11 is 0. The fraction of sp³-hybridized carbons (Fsp3) is 0.833. The highest BCUT2D eigenvalue weighted by Crippen LogP contribution is 2.00. The van der Waals surface area contributed by atoms with Gasteiger partial charge in [0.15, 0.2) is 0 Å². The lowest BCUT2D eigenvalue weighted by Crippen LogP contribution is -1.89. The molecule has 0 bridgehead atoms. The van der Waals surface area contributed by atoms with Crippen LogP contribution in [-0.4, -0.2) is 22.9 Å².